The Morgan fingerprint density at radius 2 is 1.78 bits per heavy atom. The fourth-order valence-corrected chi connectivity index (χ4v) is 3.84. The van der Waals surface area contributed by atoms with Gasteiger partial charge in [-0.2, -0.15) is 0 Å². The summed E-state index contributed by atoms with van der Waals surface area (Å²) in [6, 6.07) is 4.37. The van der Waals surface area contributed by atoms with Gasteiger partial charge in [-0.15, -0.1) is 0 Å². The second-order valence-corrected chi connectivity index (χ2v) is 8.06. The summed E-state index contributed by atoms with van der Waals surface area (Å²) in [5.74, 6) is -1.63. The van der Waals surface area contributed by atoms with E-state index in [0.717, 1.165) is 12.1 Å². The number of nitrogens with one attached hydrogen (secondary N) is 1. The van der Waals surface area contributed by atoms with Crippen LogP contribution in [0.4, 0.5) is 14.7 Å². The molecular formula is C17H20F2N4O3S. The molecular weight excluding hydrogens is 378 g/mol. The number of aryl methyl sites for hydroxylation is 1. The van der Waals surface area contributed by atoms with Gasteiger partial charge in [-0.3, -0.25) is 0 Å². The highest BCUT2D eigenvalue weighted by Gasteiger charge is 2.17. The normalized spacial score (nSPS) is 15.1. The summed E-state index contributed by atoms with van der Waals surface area (Å²) >= 11 is 0. The highest BCUT2D eigenvalue weighted by Crippen LogP contribution is 2.14. The second-order valence-electron chi connectivity index (χ2n) is 6.26. The van der Waals surface area contributed by atoms with Gasteiger partial charge in [0, 0.05) is 24.8 Å². The van der Waals surface area contributed by atoms with Crippen LogP contribution in [0.5, 0.6) is 0 Å². The van der Waals surface area contributed by atoms with Crippen molar-refractivity contribution < 1.29 is 21.9 Å². The SMILES string of the molecule is Cc1cc(CNS(=O)(=O)Cc2cc(F)cc(F)c2)nc(N2CCOCC2)n1. The Labute approximate surface area is 156 Å². The third-order valence-electron chi connectivity index (χ3n) is 3.94. The summed E-state index contributed by atoms with van der Waals surface area (Å²) in [6.07, 6.45) is 0. The van der Waals surface area contributed by atoms with Gasteiger partial charge < -0.3 is 9.64 Å². The Morgan fingerprint density at radius 1 is 1.11 bits per heavy atom. The standard InChI is InChI=1S/C17H20F2N4O3S/c1-12-6-16(22-17(21-12)23-2-4-26-5-3-23)10-20-27(24,25)11-13-7-14(18)9-15(19)8-13/h6-9,20H,2-5,10-11H2,1H3. The lowest BCUT2D eigenvalue weighted by atomic mass is 10.2. The first kappa shape index (κ1) is 19.6. The molecule has 0 radical (unpaired) electrons. The molecule has 1 N–H and O–H groups in total. The molecule has 0 amide bonds. The summed E-state index contributed by atoms with van der Waals surface area (Å²) in [5.41, 5.74) is 1.26. The molecule has 1 aliphatic rings. The highest BCUT2D eigenvalue weighted by atomic mass is 32.2. The van der Waals surface area contributed by atoms with Crippen LogP contribution in [0, 0.1) is 18.6 Å². The second kappa shape index (κ2) is 8.24. The maximum absolute atomic E-state index is 13.2. The Balaban J connectivity index is 1.68. The summed E-state index contributed by atoms with van der Waals surface area (Å²) in [5, 5.41) is 0. The molecule has 2 heterocycles. The molecule has 0 unspecified atom stereocenters. The van der Waals surface area contributed by atoms with Gasteiger partial charge in [-0.05, 0) is 30.7 Å². The van der Waals surface area contributed by atoms with E-state index in [1.165, 1.54) is 0 Å². The van der Waals surface area contributed by atoms with Gasteiger partial charge in [0.2, 0.25) is 16.0 Å². The van der Waals surface area contributed by atoms with E-state index in [-0.39, 0.29) is 12.1 Å². The lowest BCUT2D eigenvalue weighted by Gasteiger charge is -2.27. The molecule has 0 atom stereocenters. The van der Waals surface area contributed by atoms with Crippen molar-refractivity contribution in [1.82, 2.24) is 14.7 Å². The summed E-state index contributed by atoms with van der Waals surface area (Å²) in [6.45, 7) is 4.27. The molecule has 1 fully saturated rings. The molecule has 0 saturated carbocycles. The Bertz CT molecular complexity index is 898. The van der Waals surface area contributed by atoms with Crippen LogP contribution in [0.2, 0.25) is 0 Å². The lowest BCUT2D eigenvalue weighted by Crippen LogP contribution is -2.37. The number of benzene rings is 1. The van der Waals surface area contributed by atoms with Crippen LogP contribution in [-0.4, -0.2) is 44.7 Å². The van der Waals surface area contributed by atoms with Crippen LogP contribution in [0.15, 0.2) is 24.3 Å². The van der Waals surface area contributed by atoms with Crippen LogP contribution in [0.1, 0.15) is 17.0 Å². The maximum atomic E-state index is 13.2. The number of morpholine rings is 1. The molecule has 1 aromatic heterocycles. The van der Waals surface area contributed by atoms with Gasteiger partial charge in [0.15, 0.2) is 0 Å². The van der Waals surface area contributed by atoms with Crippen molar-refractivity contribution in [1.29, 1.82) is 0 Å². The molecule has 0 aliphatic carbocycles. The molecule has 2 aromatic rings. The number of hydrogen-bond donors (Lipinski definition) is 1. The smallest absolute Gasteiger partial charge is 0.225 e. The number of ether oxygens (including phenoxy) is 1. The average molecular weight is 398 g/mol. The van der Waals surface area contributed by atoms with E-state index in [2.05, 4.69) is 14.7 Å². The van der Waals surface area contributed by atoms with Crippen LogP contribution < -0.4 is 9.62 Å². The fourth-order valence-electron chi connectivity index (χ4n) is 2.76. The molecule has 7 nitrogen and oxygen atoms in total. The zero-order valence-electron chi connectivity index (χ0n) is 14.8. The number of rotatable bonds is 6. The summed E-state index contributed by atoms with van der Waals surface area (Å²) in [4.78, 5) is 10.8. The lowest BCUT2D eigenvalue weighted by molar-refractivity contribution is 0.122. The van der Waals surface area contributed by atoms with Gasteiger partial charge in [0.1, 0.15) is 11.6 Å². The first-order chi connectivity index (χ1) is 12.8. The predicted octanol–water partition coefficient (Wildman–Crippen LogP) is 1.52. The number of hydrogen-bond acceptors (Lipinski definition) is 6. The Kier molecular flexibility index (Phi) is 5.98. The Hall–Kier alpha value is -2.17. The van der Waals surface area contributed by atoms with Gasteiger partial charge in [0.05, 0.1) is 31.2 Å². The molecule has 1 saturated heterocycles. The monoisotopic (exact) mass is 398 g/mol. The number of anilines is 1. The first-order valence-corrected chi connectivity index (χ1v) is 10.1. The van der Waals surface area contributed by atoms with E-state index in [1.54, 1.807) is 13.0 Å². The third-order valence-corrected chi connectivity index (χ3v) is 5.24. The van der Waals surface area contributed by atoms with Crippen molar-refractivity contribution in [2.45, 2.75) is 19.2 Å². The van der Waals surface area contributed by atoms with E-state index in [4.69, 9.17) is 4.74 Å². The molecule has 1 aliphatic heterocycles. The molecule has 3 rings (SSSR count). The molecule has 27 heavy (non-hydrogen) atoms. The quantitative estimate of drug-likeness (QED) is 0.794. The summed E-state index contributed by atoms with van der Waals surface area (Å²) < 4.78 is 58.7. The van der Waals surface area contributed by atoms with E-state index in [9.17, 15) is 17.2 Å². The number of nitrogens with zero attached hydrogens (tertiary/aromatic N) is 3. The number of sulfonamides is 1. The van der Waals surface area contributed by atoms with Crippen LogP contribution in [0.25, 0.3) is 0 Å². The molecule has 1 aromatic carbocycles. The number of halogens is 2. The average Bonchev–Trinajstić information content (AvgIpc) is 2.59. The van der Waals surface area contributed by atoms with Crippen LogP contribution >= 0.6 is 0 Å². The summed E-state index contributed by atoms with van der Waals surface area (Å²) in [7, 11) is -3.79. The Morgan fingerprint density at radius 3 is 2.44 bits per heavy atom. The molecule has 146 valence electrons. The van der Waals surface area contributed by atoms with Crippen molar-refractivity contribution in [3.63, 3.8) is 0 Å². The zero-order chi connectivity index (χ0) is 19.4. The van der Waals surface area contributed by atoms with E-state index >= 15 is 0 Å². The van der Waals surface area contributed by atoms with E-state index in [1.807, 2.05) is 4.90 Å². The van der Waals surface area contributed by atoms with Gasteiger partial charge in [-0.25, -0.2) is 31.9 Å². The van der Waals surface area contributed by atoms with Crippen LogP contribution in [-0.2, 0) is 27.1 Å². The largest absolute Gasteiger partial charge is 0.378 e. The van der Waals surface area contributed by atoms with Gasteiger partial charge in [-0.1, -0.05) is 0 Å². The number of aromatic nitrogens is 2. The minimum absolute atomic E-state index is 0.0351. The minimum atomic E-state index is -3.79. The molecule has 0 spiro atoms. The highest BCUT2D eigenvalue weighted by molar-refractivity contribution is 7.88. The molecule has 0 bridgehead atoms. The minimum Gasteiger partial charge on any atom is -0.378 e. The topological polar surface area (TPSA) is 84.4 Å². The van der Waals surface area contributed by atoms with Crippen molar-refractivity contribution in [3.8, 4) is 0 Å². The molecule has 10 heteroatoms. The van der Waals surface area contributed by atoms with Crippen molar-refractivity contribution in [3.05, 3.63) is 52.9 Å². The van der Waals surface area contributed by atoms with Crippen molar-refractivity contribution in [2.75, 3.05) is 31.2 Å². The third kappa shape index (κ3) is 5.65. The first-order valence-electron chi connectivity index (χ1n) is 8.40. The van der Waals surface area contributed by atoms with E-state index < -0.39 is 27.4 Å². The van der Waals surface area contributed by atoms with Gasteiger partial charge in [0.25, 0.3) is 0 Å². The van der Waals surface area contributed by atoms with Crippen LogP contribution in [0.3, 0.4) is 0 Å². The predicted molar refractivity (Wildman–Crippen MR) is 95.6 cm³/mol. The zero-order valence-corrected chi connectivity index (χ0v) is 15.6. The van der Waals surface area contributed by atoms with Crippen molar-refractivity contribution in [2.24, 2.45) is 0 Å². The van der Waals surface area contributed by atoms with E-state index in [0.29, 0.717) is 49.7 Å². The van der Waals surface area contributed by atoms with Gasteiger partial charge >= 0.3 is 0 Å². The van der Waals surface area contributed by atoms with Crippen molar-refractivity contribution >= 4 is 16.0 Å². The maximum Gasteiger partial charge on any atom is 0.225 e. The fraction of sp³-hybridized carbons (Fsp3) is 0.412.